The zero-order chi connectivity index (χ0) is 19.5. The Kier molecular flexibility index (Phi) is 4.75. The number of rotatable bonds is 4. The number of methoxy groups -OCH3 is 1. The molecule has 0 bridgehead atoms. The van der Waals surface area contributed by atoms with Crippen LogP contribution in [0.15, 0.2) is 66.7 Å². The smallest absolute Gasteiger partial charge is 0.258 e. The van der Waals surface area contributed by atoms with E-state index in [1.165, 1.54) is 11.3 Å². The molecule has 136 valence electrons. The second-order valence-electron chi connectivity index (χ2n) is 5.98. The Bertz CT molecular complexity index is 1220. The van der Waals surface area contributed by atoms with Gasteiger partial charge in [0.1, 0.15) is 11.3 Å². The highest BCUT2D eigenvalue weighted by Crippen LogP contribution is 2.33. The van der Waals surface area contributed by atoms with E-state index in [0.29, 0.717) is 33.1 Å². The maximum absolute atomic E-state index is 13.0. The minimum Gasteiger partial charge on any atom is -0.494 e. The monoisotopic (exact) mass is 385 g/mol. The molecular formula is C22H15N3O2S. The van der Waals surface area contributed by atoms with Gasteiger partial charge in [0, 0.05) is 11.1 Å². The van der Waals surface area contributed by atoms with Crippen LogP contribution in [-0.4, -0.2) is 18.0 Å². The number of nitriles is 1. The first-order chi connectivity index (χ1) is 13.7. The fraction of sp³-hybridized carbons (Fsp3) is 0.0455. The van der Waals surface area contributed by atoms with Gasteiger partial charge in [-0.3, -0.25) is 10.1 Å². The number of benzene rings is 3. The van der Waals surface area contributed by atoms with Crippen molar-refractivity contribution < 1.29 is 9.53 Å². The zero-order valence-electron chi connectivity index (χ0n) is 15.0. The van der Waals surface area contributed by atoms with E-state index in [2.05, 4.69) is 16.4 Å². The number of fused-ring (bicyclic) bond motifs is 1. The predicted molar refractivity (Wildman–Crippen MR) is 111 cm³/mol. The molecular weight excluding hydrogens is 370 g/mol. The van der Waals surface area contributed by atoms with Crippen molar-refractivity contribution in [2.75, 3.05) is 12.4 Å². The van der Waals surface area contributed by atoms with Crippen LogP contribution in [0.25, 0.3) is 21.3 Å². The number of anilines is 1. The highest BCUT2D eigenvalue weighted by atomic mass is 32.1. The van der Waals surface area contributed by atoms with Gasteiger partial charge in [0.25, 0.3) is 5.91 Å². The zero-order valence-corrected chi connectivity index (χ0v) is 15.8. The molecule has 0 aliphatic carbocycles. The Labute approximate surface area is 165 Å². The van der Waals surface area contributed by atoms with E-state index in [1.54, 1.807) is 31.4 Å². The molecule has 0 aliphatic rings. The van der Waals surface area contributed by atoms with Crippen LogP contribution in [0.5, 0.6) is 5.75 Å². The second kappa shape index (κ2) is 7.51. The summed E-state index contributed by atoms with van der Waals surface area (Å²) in [5, 5.41) is 12.8. The summed E-state index contributed by atoms with van der Waals surface area (Å²) < 4.78 is 6.26. The molecule has 3 aromatic carbocycles. The number of nitrogens with one attached hydrogen (secondary N) is 1. The highest BCUT2D eigenvalue weighted by Gasteiger charge is 2.17. The quantitative estimate of drug-likeness (QED) is 0.530. The van der Waals surface area contributed by atoms with E-state index in [1.807, 2.05) is 42.5 Å². The molecule has 5 nitrogen and oxygen atoms in total. The average Bonchev–Trinajstić information content (AvgIpc) is 3.16. The summed E-state index contributed by atoms with van der Waals surface area (Å²) in [4.78, 5) is 17.5. The summed E-state index contributed by atoms with van der Waals surface area (Å²) in [5.41, 5.74) is 3.15. The summed E-state index contributed by atoms with van der Waals surface area (Å²) in [7, 11) is 1.59. The molecule has 1 aromatic heterocycles. The molecule has 4 rings (SSSR count). The van der Waals surface area contributed by atoms with Gasteiger partial charge in [-0.1, -0.05) is 53.8 Å². The van der Waals surface area contributed by atoms with Crippen molar-refractivity contribution in [2.24, 2.45) is 0 Å². The molecule has 1 amide bonds. The molecule has 0 saturated heterocycles. The number of amides is 1. The van der Waals surface area contributed by atoms with Gasteiger partial charge < -0.3 is 4.74 Å². The number of thiazole rings is 1. The van der Waals surface area contributed by atoms with Crippen LogP contribution in [-0.2, 0) is 0 Å². The van der Waals surface area contributed by atoms with Gasteiger partial charge in [-0.2, -0.15) is 5.26 Å². The Balaban J connectivity index is 1.71. The molecule has 6 heteroatoms. The Hall–Kier alpha value is -3.69. The van der Waals surface area contributed by atoms with E-state index in [9.17, 15) is 10.1 Å². The Morgan fingerprint density at radius 2 is 1.79 bits per heavy atom. The lowest BCUT2D eigenvalue weighted by Crippen LogP contribution is -2.13. The molecule has 1 heterocycles. The van der Waals surface area contributed by atoms with Crippen molar-refractivity contribution in [3.63, 3.8) is 0 Å². The van der Waals surface area contributed by atoms with E-state index in [-0.39, 0.29) is 5.91 Å². The van der Waals surface area contributed by atoms with Crippen LogP contribution < -0.4 is 10.1 Å². The summed E-state index contributed by atoms with van der Waals surface area (Å²) in [6.07, 6.45) is 0. The fourth-order valence-corrected chi connectivity index (χ4v) is 3.92. The number of hydrogen-bond acceptors (Lipinski definition) is 5. The third-order valence-corrected chi connectivity index (χ3v) is 5.27. The number of hydrogen-bond donors (Lipinski definition) is 1. The van der Waals surface area contributed by atoms with E-state index in [0.717, 1.165) is 10.3 Å². The highest BCUT2D eigenvalue weighted by molar-refractivity contribution is 7.22. The molecule has 0 radical (unpaired) electrons. The summed E-state index contributed by atoms with van der Waals surface area (Å²) in [6, 6.07) is 22.3. The molecule has 0 fully saturated rings. The first-order valence-electron chi connectivity index (χ1n) is 8.54. The number of aromatic nitrogens is 1. The third kappa shape index (κ3) is 3.20. The lowest BCUT2D eigenvalue weighted by Gasteiger charge is -2.10. The van der Waals surface area contributed by atoms with Gasteiger partial charge >= 0.3 is 0 Å². The number of carbonyl (C=O) groups excluding carboxylic acids is 1. The standard InChI is InChI=1S/C22H15N3O2S/c1-27-18-11-6-12-19-20(18)24-22(28-19)25-21(26)17-10-5-4-9-16(17)15-8-3-2-7-14(15)13-23/h2-12H,1H3,(H,24,25,26). The number of carbonyl (C=O) groups is 1. The minimum atomic E-state index is -0.277. The first kappa shape index (κ1) is 17.7. The normalized spacial score (nSPS) is 10.4. The molecule has 0 saturated carbocycles. The van der Waals surface area contributed by atoms with Crippen LogP contribution in [0.4, 0.5) is 5.13 Å². The maximum Gasteiger partial charge on any atom is 0.258 e. The lowest BCUT2D eigenvalue weighted by molar-refractivity contribution is 0.102. The van der Waals surface area contributed by atoms with Crippen molar-refractivity contribution in [1.29, 1.82) is 5.26 Å². The Morgan fingerprint density at radius 1 is 1.04 bits per heavy atom. The van der Waals surface area contributed by atoms with Crippen molar-refractivity contribution >= 4 is 32.6 Å². The number of ether oxygens (including phenoxy) is 1. The molecule has 1 N–H and O–H groups in total. The van der Waals surface area contributed by atoms with Crippen LogP contribution in [0.3, 0.4) is 0 Å². The van der Waals surface area contributed by atoms with Gasteiger partial charge in [-0.25, -0.2) is 4.98 Å². The van der Waals surface area contributed by atoms with Crippen molar-refractivity contribution in [1.82, 2.24) is 4.98 Å². The molecule has 28 heavy (non-hydrogen) atoms. The van der Waals surface area contributed by atoms with Crippen LogP contribution in [0, 0.1) is 11.3 Å². The summed E-state index contributed by atoms with van der Waals surface area (Å²) in [5.74, 6) is 0.388. The minimum absolute atomic E-state index is 0.277. The molecule has 4 aromatic rings. The number of nitrogens with zero attached hydrogens (tertiary/aromatic N) is 2. The van der Waals surface area contributed by atoms with Gasteiger partial charge in [-0.05, 0) is 29.8 Å². The lowest BCUT2D eigenvalue weighted by atomic mass is 9.95. The van der Waals surface area contributed by atoms with E-state index < -0.39 is 0 Å². The van der Waals surface area contributed by atoms with Crippen molar-refractivity contribution in [2.45, 2.75) is 0 Å². The van der Waals surface area contributed by atoms with Crippen LogP contribution in [0.2, 0.25) is 0 Å². The van der Waals surface area contributed by atoms with Crippen molar-refractivity contribution in [3.05, 3.63) is 77.9 Å². The van der Waals surface area contributed by atoms with Crippen LogP contribution in [0.1, 0.15) is 15.9 Å². The predicted octanol–water partition coefficient (Wildman–Crippen LogP) is 5.10. The maximum atomic E-state index is 13.0. The molecule has 0 spiro atoms. The summed E-state index contributed by atoms with van der Waals surface area (Å²) in [6.45, 7) is 0. The summed E-state index contributed by atoms with van der Waals surface area (Å²) >= 11 is 1.38. The molecule has 0 aliphatic heterocycles. The largest absolute Gasteiger partial charge is 0.494 e. The van der Waals surface area contributed by atoms with Gasteiger partial charge in [0.2, 0.25) is 0 Å². The van der Waals surface area contributed by atoms with Gasteiger partial charge in [0.15, 0.2) is 5.13 Å². The average molecular weight is 385 g/mol. The topological polar surface area (TPSA) is 75.0 Å². The molecule has 0 unspecified atom stereocenters. The SMILES string of the molecule is COc1cccc2sc(NC(=O)c3ccccc3-c3ccccc3C#N)nc12. The van der Waals surface area contributed by atoms with E-state index in [4.69, 9.17) is 4.74 Å². The molecule has 0 atom stereocenters. The van der Waals surface area contributed by atoms with Gasteiger partial charge in [0.05, 0.1) is 23.4 Å². The Morgan fingerprint density at radius 3 is 2.57 bits per heavy atom. The second-order valence-corrected chi connectivity index (χ2v) is 7.01. The van der Waals surface area contributed by atoms with Crippen LogP contribution >= 0.6 is 11.3 Å². The number of para-hydroxylation sites is 1. The van der Waals surface area contributed by atoms with Crippen molar-refractivity contribution in [3.8, 4) is 22.9 Å². The fourth-order valence-electron chi connectivity index (χ4n) is 3.04. The van der Waals surface area contributed by atoms with E-state index >= 15 is 0 Å². The third-order valence-electron chi connectivity index (χ3n) is 4.33. The van der Waals surface area contributed by atoms with Gasteiger partial charge in [-0.15, -0.1) is 0 Å². The first-order valence-corrected chi connectivity index (χ1v) is 9.36.